The van der Waals surface area contributed by atoms with Gasteiger partial charge in [-0.05, 0) is 33.6 Å². The summed E-state index contributed by atoms with van der Waals surface area (Å²) in [5.74, 6) is -0.788. The summed E-state index contributed by atoms with van der Waals surface area (Å²) in [5, 5.41) is 9.19. The van der Waals surface area contributed by atoms with Crippen LogP contribution in [0.1, 0.15) is 46.5 Å². The number of carbonyl (C=O) groups is 1. The summed E-state index contributed by atoms with van der Waals surface area (Å²) < 4.78 is 5.11. The molecule has 0 aliphatic carbocycles. The van der Waals surface area contributed by atoms with E-state index in [1.807, 2.05) is 0 Å². The van der Waals surface area contributed by atoms with Crippen molar-refractivity contribution in [1.82, 2.24) is 0 Å². The number of rotatable bonds is 7. The Labute approximate surface area is 80.1 Å². The molecule has 0 amide bonds. The quantitative estimate of drug-likeness (QED) is 0.490. The minimum atomic E-state index is -1.03. The molecule has 0 aliphatic heterocycles. The molecule has 78 valence electrons. The minimum Gasteiger partial charge on any atom is -0.366 e. The molecular formula is C10H20O3. The molecule has 13 heavy (non-hydrogen) atoms. The summed E-state index contributed by atoms with van der Waals surface area (Å²) in [7, 11) is 0. The van der Waals surface area contributed by atoms with Crippen molar-refractivity contribution in [2.24, 2.45) is 0 Å². The van der Waals surface area contributed by atoms with Crippen LogP contribution in [0, 0.1) is 0 Å². The van der Waals surface area contributed by atoms with Crippen molar-refractivity contribution in [2.45, 2.75) is 52.2 Å². The van der Waals surface area contributed by atoms with Crippen LogP contribution in [0.2, 0.25) is 0 Å². The van der Waals surface area contributed by atoms with Gasteiger partial charge in [0.15, 0.2) is 5.79 Å². The molecule has 3 heteroatoms. The van der Waals surface area contributed by atoms with E-state index in [2.05, 4.69) is 0 Å². The van der Waals surface area contributed by atoms with E-state index in [1.54, 1.807) is 20.8 Å². The van der Waals surface area contributed by atoms with E-state index >= 15 is 0 Å². The first kappa shape index (κ1) is 12.6. The molecule has 0 rings (SSSR count). The first-order chi connectivity index (χ1) is 5.92. The lowest BCUT2D eigenvalue weighted by Gasteiger charge is -2.17. The highest BCUT2D eigenvalue weighted by atomic mass is 16.6. The molecule has 1 N–H and O–H groups in total. The predicted molar refractivity (Wildman–Crippen MR) is 51.4 cm³/mol. The predicted octanol–water partition coefficient (Wildman–Crippen LogP) is 1.88. The Morgan fingerprint density at radius 3 is 2.38 bits per heavy atom. The summed E-state index contributed by atoms with van der Waals surface area (Å²) in [6.07, 6.45) is 3.46. The van der Waals surface area contributed by atoms with Gasteiger partial charge in [0.25, 0.3) is 0 Å². The summed E-state index contributed by atoms with van der Waals surface area (Å²) in [5.41, 5.74) is 0. The van der Waals surface area contributed by atoms with Crippen LogP contribution in [0.4, 0.5) is 0 Å². The van der Waals surface area contributed by atoms with Gasteiger partial charge in [-0.3, -0.25) is 0 Å². The molecule has 0 aromatic carbocycles. The van der Waals surface area contributed by atoms with E-state index in [0.717, 1.165) is 19.3 Å². The van der Waals surface area contributed by atoms with E-state index in [4.69, 9.17) is 4.74 Å². The fraction of sp³-hybridized carbons (Fsp3) is 0.900. The SMILES string of the molecule is CC(=O)CCCCCOC(C)(C)O. The number of unbranched alkanes of at least 4 members (excludes halogenated alkanes) is 2. The van der Waals surface area contributed by atoms with Crippen LogP contribution in [0.25, 0.3) is 0 Å². The van der Waals surface area contributed by atoms with Crippen molar-refractivity contribution in [3.63, 3.8) is 0 Å². The van der Waals surface area contributed by atoms with Gasteiger partial charge in [0.1, 0.15) is 5.78 Å². The average molecular weight is 188 g/mol. The largest absolute Gasteiger partial charge is 0.366 e. The zero-order valence-corrected chi connectivity index (χ0v) is 8.80. The van der Waals surface area contributed by atoms with Crippen molar-refractivity contribution in [3.05, 3.63) is 0 Å². The van der Waals surface area contributed by atoms with E-state index in [0.29, 0.717) is 13.0 Å². The van der Waals surface area contributed by atoms with Crippen molar-refractivity contribution >= 4 is 5.78 Å². The van der Waals surface area contributed by atoms with Gasteiger partial charge in [-0.25, -0.2) is 0 Å². The number of Topliss-reactive ketones (excluding diaryl/α,β-unsaturated/α-hetero) is 1. The van der Waals surface area contributed by atoms with Crippen molar-refractivity contribution in [3.8, 4) is 0 Å². The molecule has 0 fully saturated rings. The smallest absolute Gasteiger partial charge is 0.159 e. The van der Waals surface area contributed by atoms with Crippen molar-refractivity contribution < 1.29 is 14.6 Å². The maximum Gasteiger partial charge on any atom is 0.159 e. The van der Waals surface area contributed by atoms with E-state index in [9.17, 15) is 9.90 Å². The molecular weight excluding hydrogens is 168 g/mol. The summed E-state index contributed by atoms with van der Waals surface area (Å²) in [6.45, 7) is 5.39. The lowest BCUT2D eigenvalue weighted by atomic mass is 10.1. The Balaban J connectivity index is 3.13. The van der Waals surface area contributed by atoms with Gasteiger partial charge in [-0.1, -0.05) is 6.42 Å². The molecule has 0 atom stereocenters. The van der Waals surface area contributed by atoms with Gasteiger partial charge in [-0.15, -0.1) is 0 Å². The lowest BCUT2D eigenvalue weighted by molar-refractivity contribution is -0.176. The standard InChI is InChI=1S/C10H20O3/c1-9(11)7-5-4-6-8-13-10(2,3)12/h12H,4-8H2,1-3H3. The summed E-state index contributed by atoms with van der Waals surface area (Å²) in [4.78, 5) is 10.6. The van der Waals surface area contributed by atoms with Gasteiger partial charge in [0.05, 0.1) is 0 Å². The van der Waals surface area contributed by atoms with Gasteiger partial charge in [0, 0.05) is 13.0 Å². The zero-order valence-electron chi connectivity index (χ0n) is 8.80. The van der Waals surface area contributed by atoms with Crippen LogP contribution in [-0.2, 0) is 9.53 Å². The second-order valence-electron chi connectivity index (χ2n) is 3.81. The van der Waals surface area contributed by atoms with E-state index in [1.165, 1.54) is 0 Å². The molecule has 0 saturated heterocycles. The van der Waals surface area contributed by atoms with Crippen LogP contribution in [0.3, 0.4) is 0 Å². The molecule has 0 heterocycles. The summed E-state index contributed by atoms with van der Waals surface area (Å²) in [6, 6.07) is 0. The van der Waals surface area contributed by atoms with Gasteiger partial charge >= 0.3 is 0 Å². The molecule has 0 saturated carbocycles. The van der Waals surface area contributed by atoms with Crippen LogP contribution in [0.15, 0.2) is 0 Å². The summed E-state index contributed by atoms with van der Waals surface area (Å²) >= 11 is 0. The molecule has 0 bridgehead atoms. The monoisotopic (exact) mass is 188 g/mol. The maximum absolute atomic E-state index is 10.6. The maximum atomic E-state index is 10.6. The third-order valence-corrected chi connectivity index (χ3v) is 1.63. The van der Waals surface area contributed by atoms with Crippen LogP contribution in [0.5, 0.6) is 0 Å². The molecule has 0 aromatic heterocycles. The van der Waals surface area contributed by atoms with Gasteiger partial charge < -0.3 is 14.6 Å². The zero-order chi connectivity index (χ0) is 10.3. The minimum absolute atomic E-state index is 0.239. The molecule has 0 aromatic rings. The highest BCUT2D eigenvalue weighted by Crippen LogP contribution is 2.06. The van der Waals surface area contributed by atoms with Crippen molar-refractivity contribution in [1.29, 1.82) is 0 Å². The Morgan fingerprint density at radius 2 is 1.92 bits per heavy atom. The van der Waals surface area contributed by atoms with Crippen LogP contribution in [-0.4, -0.2) is 23.3 Å². The molecule has 0 aliphatic rings. The molecule has 0 spiro atoms. The molecule has 0 radical (unpaired) electrons. The van der Waals surface area contributed by atoms with Crippen LogP contribution < -0.4 is 0 Å². The number of hydrogen-bond acceptors (Lipinski definition) is 3. The number of ketones is 1. The highest BCUT2D eigenvalue weighted by Gasteiger charge is 2.10. The van der Waals surface area contributed by atoms with E-state index in [-0.39, 0.29) is 5.78 Å². The number of aliphatic hydroxyl groups is 1. The Kier molecular flexibility index (Phi) is 5.91. The van der Waals surface area contributed by atoms with Crippen molar-refractivity contribution in [2.75, 3.05) is 6.61 Å². The van der Waals surface area contributed by atoms with Crippen LogP contribution >= 0.6 is 0 Å². The molecule has 3 nitrogen and oxygen atoms in total. The van der Waals surface area contributed by atoms with E-state index < -0.39 is 5.79 Å². The lowest BCUT2D eigenvalue weighted by Crippen LogP contribution is -2.23. The second-order valence-corrected chi connectivity index (χ2v) is 3.81. The topological polar surface area (TPSA) is 46.5 Å². The number of ether oxygens (including phenoxy) is 1. The second kappa shape index (κ2) is 6.11. The normalized spacial score (nSPS) is 11.7. The average Bonchev–Trinajstić information content (AvgIpc) is 1.93. The third-order valence-electron chi connectivity index (χ3n) is 1.63. The fourth-order valence-corrected chi connectivity index (χ4v) is 0.975. The Bertz CT molecular complexity index is 147. The fourth-order valence-electron chi connectivity index (χ4n) is 0.975. The van der Waals surface area contributed by atoms with Gasteiger partial charge in [0.2, 0.25) is 0 Å². The van der Waals surface area contributed by atoms with Gasteiger partial charge in [-0.2, -0.15) is 0 Å². The Morgan fingerprint density at radius 1 is 1.31 bits per heavy atom. The third kappa shape index (κ3) is 11.6. The first-order valence-corrected chi connectivity index (χ1v) is 4.77. The number of carbonyl (C=O) groups excluding carboxylic acids is 1. The molecule has 0 unspecified atom stereocenters. The highest BCUT2D eigenvalue weighted by molar-refractivity contribution is 5.75. The first-order valence-electron chi connectivity index (χ1n) is 4.77. The number of hydrogen-bond donors (Lipinski definition) is 1. The Hall–Kier alpha value is -0.410.